The maximum Gasteiger partial charge on any atom is 0.164 e. The summed E-state index contributed by atoms with van der Waals surface area (Å²) >= 11 is 0. The third-order valence-electron chi connectivity index (χ3n) is 5.12. The van der Waals surface area contributed by atoms with Crippen molar-refractivity contribution in [2.75, 3.05) is 5.73 Å². The summed E-state index contributed by atoms with van der Waals surface area (Å²) in [6.07, 6.45) is 3.27. The predicted molar refractivity (Wildman–Crippen MR) is 108 cm³/mol. The lowest BCUT2D eigenvalue weighted by Gasteiger charge is -2.32. The molecule has 1 aliphatic carbocycles. The molecule has 2 aromatic heterocycles. The van der Waals surface area contributed by atoms with Crippen molar-refractivity contribution in [3.05, 3.63) is 60.9 Å². The van der Waals surface area contributed by atoms with E-state index >= 15 is 0 Å². The number of nitrogens with two attached hydrogens (primary N) is 2. The number of ether oxygens (including phenoxy) is 1. The van der Waals surface area contributed by atoms with Crippen LogP contribution in [0.4, 0.5) is 5.82 Å². The quantitative estimate of drug-likeness (QED) is 0.568. The summed E-state index contributed by atoms with van der Waals surface area (Å²) in [5, 5.41) is 5.61. The zero-order valence-electron chi connectivity index (χ0n) is 15.2. The topological polar surface area (TPSA) is 105 Å². The fraction of sp³-hybridized carbons (Fsp3) is 0.190. The van der Waals surface area contributed by atoms with Crippen LogP contribution in [0.2, 0.25) is 0 Å². The van der Waals surface area contributed by atoms with Gasteiger partial charge in [0.1, 0.15) is 29.3 Å². The summed E-state index contributed by atoms with van der Waals surface area (Å²) in [6, 6.07) is 18.0. The first-order valence-electron chi connectivity index (χ1n) is 9.26. The molecule has 0 bridgehead atoms. The molecule has 140 valence electrons. The molecule has 0 amide bonds. The van der Waals surface area contributed by atoms with E-state index in [9.17, 15) is 0 Å². The van der Waals surface area contributed by atoms with E-state index in [0.29, 0.717) is 5.82 Å². The van der Waals surface area contributed by atoms with Crippen molar-refractivity contribution in [2.24, 2.45) is 5.73 Å². The Morgan fingerprint density at radius 1 is 0.929 bits per heavy atom. The third-order valence-corrected chi connectivity index (χ3v) is 5.12. The van der Waals surface area contributed by atoms with Gasteiger partial charge in [-0.2, -0.15) is 5.10 Å². The van der Waals surface area contributed by atoms with E-state index in [-0.39, 0.29) is 12.1 Å². The molecule has 4 aromatic rings. The van der Waals surface area contributed by atoms with Crippen LogP contribution in [0.25, 0.3) is 22.3 Å². The lowest BCUT2D eigenvalue weighted by molar-refractivity contribution is 0.253. The van der Waals surface area contributed by atoms with Crippen molar-refractivity contribution in [2.45, 2.75) is 24.9 Å². The highest BCUT2D eigenvalue weighted by molar-refractivity contribution is 5.98. The van der Waals surface area contributed by atoms with Crippen LogP contribution >= 0.6 is 0 Å². The summed E-state index contributed by atoms with van der Waals surface area (Å²) in [7, 11) is 0. The van der Waals surface area contributed by atoms with Gasteiger partial charge in [-0.05, 0) is 49.2 Å². The van der Waals surface area contributed by atoms with Gasteiger partial charge in [-0.3, -0.25) is 0 Å². The molecule has 0 unspecified atom stereocenters. The molecule has 0 aliphatic heterocycles. The summed E-state index contributed by atoms with van der Waals surface area (Å²) in [5.74, 6) is 1.98. The van der Waals surface area contributed by atoms with E-state index in [1.807, 2.05) is 59.3 Å². The summed E-state index contributed by atoms with van der Waals surface area (Å²) in [4.78, 5) is 8.60. The second-order valence-electron chi connectivity index (χ2n) is 7.08. The average molecular weight is 372 g/mol. The fourth-order valence-electron chi connectivity index (χ4n) is 3.59. The van der Waals surface area contributed by atoms with Crippen molar-refractivity contribution in [3.8, 4) is 22.8 Å². The van der Waals surface area contributed by atoms with Gasteiger partial charge < -0.3 is 16.2 Å². The number of rotatable bonds is 4. The number of nitrogens with zero attached hydrogens (tertiary/aromatic N) is 4. The smallest absolute Gasteiger partial charge is 0.164 e. The first kappa shape index (κ1) is 16.7. The molecule has 7 heteroatoms. The largest absolute Gasteiger partial charge is 0.457 e. The van der Waals surface area contributed by atoms with Gasteiger partial charge in [0.25, 0.3) is 0 Å². The predicted octanol–water partition coefficient (Wildman–Crippen LogP) is 3.53. The molecule has 4 N–H and O–H groups in total. The monoisotopic (exact) mass is 372 g/mol. The van der Waals surface area contributed by atoms with Gasteiger partial charge in [-0.15, -0.1) is 0 Å². The number of fused-ring (bicyclic) bond motifs is 1. The van der Waals surface area contributed by atoms with Crippen LogP contribution < -0.4 is 16.2 Å². The van der Waals surface area contributed by atoms with E-state index in [4.69, 9.17) is 21.3 Å². The molecule has 1 fully saturated rings. The lowest BCUT2D eigenvalue weighted by atomic mass is 9.88. The van der Waals surface area contributed by atoms with E-state index in [1.54, 1.807) is 0 Å². The van der Waals surface area contributed by atoms with Crippen LogP contribution in [0.1, 0.15) is 18.9 Å². The molecule has 0 saturated heterocycles. The highest BCUT2D eigenvalue weighted by Crippen LogP contribution is 2.37. The number of para-hydroxylation sites is 1. The molecule has 0 atom stereocenters. The molecular formula is C21H20N6O. The van der Waals surface area contributed by atoms with E-state index in [2.05, 4.69) is 9.97 Å². The van der Waals surface area contributed by atoms with Crippen molar-refractivity contribution in [1.29, 1.82) is 0 Å². The van der Waals surface area contributed by atoms with Crippen LogP contribution in [0, 0.1) is 0 Å². The molecule has 2 heterocycles. The zero-order valence-corrected chi connectivity index (χ0v) is 15.2. The van der Waals surface area contributed by atoms with Crippen molar-refractivity contribution < 1.29 is 4.74 Å². The van der Waals surface area contributed by atoms with E-state index < -0.39 is 0 Å². The molecule has 2 aromatic carbocycles. The maximum absolute atomic E-state index is 6.17. The van der Waals surface area contributed by atoms with Crippen LogP contribution in [-0.4, -0.2) is 25.8 Å². The molecule has 7 nitrogen and oxygen atoms in total. The minimum Gasteiger partial charge on any atom is -0.457 e. The van der Waals surface area contributed by atoms with Gasteiger partial charge in [-0.1, -0.05) is 18.2 Å². The number of anilines is 1. The van der Waals surface area contributed by atoms with E-state index in [0.717, 1.165) is 46.6 Å². The normalized spacial score (nSPS) is 18.8. The van der Waals surface area contributed by atoms with Crippen molar-refractivity contribution in [1.82, 2.24) is 19.7 Å². The van der Waals surface area contributed by atoms with Gasteiger partial charge in [0.2, 0.25) is 0 Å². The summed E-state index contributed by atoms with van der Waals surface area (Å²) in [6.45, 7) is 0. The second kappa shape index (κ2) is 6.61. The molecule has 0 spiro atoms. The molecule has 1 aliphatic rings. The zero-order chi connectivity index (χ0) is 19.1. The minimum absolute atomic E-state index is 0.223. The Hall–Kier alpha value is -3.45. The maximum atomic E-state index is 6.17. The highest BCUT2D eigenvalue weighted by Gasteiger charge is 2.31. The Labute approximate surface area is 162 Å². The Morgan fingerprint density at radius 3 is 2.36 bits per heavy atom. The lowest BCUT2D eigenvalue weighted by Crippen LogP contribution is -2.38. The van der Waals surface area contributed by atoms with Gasteiger partial charge >= 0.3 is 0 Å². The van der Waals surface area contributed by atoms with Crippen LogP contribution in [0.15, 0.2) is 60.9 Å². The molecule has 1 saturated carbocycles. The molecular weight excluding hydrogens is 352 g/mol. The summed E-state index contributed by atoms with van der Waals surface area (Å²) in [5.41, 5.74) is 14.6. The Bertz CT molecular complexity index is 1120. The third kappa shape index (κ3) is 2.86. The van der Waals surface area contributed by atoms with Gasteiger partial charge in [0.15, 0.2) is 5.65 Å². The van der Waals surface area contributed by atoms with E-state index in [1.165, 1.54) is 6.33 Å². The van der Waals surface area contributed by atoms with Crippen molar-refractivity contribution >= 4 is 16.9 Å². The molecule has 28 heavy (non-hydrogen) atoms. The average Bonchev–Trinajstić information content (AvgIpc) is 3.07. The van der Waals surface area contributed by atoms with Gasteiger partial charge in [0.05, 0.1) is 11.4 Å². The highest BCUT2D eigenvalue weighted by atomic mass is 16.5. The Kier molecular flexibility index (Phi) is 3.95. The van der Waals surface area contributed by atoms with Crippen LogP contribution in [0.5, 0.6) is 11.5 Å². The SMILES string of the molecule is Nc1ncnc2c1c(-c1ccc(Oc3ccccc3)cc1)nn2[C@H]1C[C@@H](N)C1. The second-order valence-corrected chi connectivity index (χ2v) is 7.08. The fourth-order valence-corrected chi connectivity index (χ4v) is 3.59. The van der Waals surface area contributed by atoms with Crippen molar-refractivity contribution in [3.63, 3.8) is 0 Å². The van der Waals surface area contributed by atoms with Gasteiger partial charge in [0, 0.05) is 11.6 Å². The standard InChI is InChI=1S/C21H20N6O/c22-14-10-15(11-14)27-21-18(20(23)24-12-25-21)19(26-27)13-6-8-17(9-7-13)28-16-4-2-1-3-5-16/h1-9,12,14-15H,10-11,22H2,(H2,23,24,25)/t14-,15+. The first-order chi connectivity index (χ1) is 13.7. The van der Waals surface area contributed by atoms with Crippen LogP contribution in [-0.2, 0) is 0 Å². The van der Waals surface area contributed by atoms with Crippen LogP contribution in [0.3, 0.4) is 0 Å². The number of hydrogen-bond acceptors (Lipinski definition) is 6. The Morgan fingerprint density at radius 2 is 1.64 bits per heavy atom. The molecule has 0 radical (unpaired) electrons. The first-order valence-corrected chi connectivity index (χ1v) is 9.26. The number of nitrogen functional groups attached to an aromatic ring is 1. The molecule has 5 rings (SSSR count). The summed E-state index contributed by atoms with van der Waals surface area (Å²) < 4.78 is 7.82. The van der Waals surface area contributed by atoms with Gasteiger partial charge in [-0.25, -0.2) is 14.6 Å². The number of hydrogen-bond donors (Lipinski definition) is 2. The minimum atomic E-state index is 0.223. The Balaban J connectivity index is 1.52. The number of benzene rings is 2. The number of aromatic nitrogens is 4.